The molecular formula is C12H21ClN4O2. The Morgan fingerprint density at radius 2 is 1.95 bits per heavy atom. The third kappa shape index (κ3) is 6.02. The van der Waals surface area contributed by atoms with E-state index >= 15 is 0 Å². The van der Waals surface area contributed by atoms with Crippen molar-refractivity contribution >= 4 is 17.5 Å². The summed E-state index contributed by atoms with van der Waals surface area (Å²) in [5.74, 6) is 0.500. The first kappa shape index (κ1) is 15.9. The number of aromatic nitrogens is 3. The summed E-state index contributed by atoms with van der Waals surface area (Å²) in [6.07, 6.45) is 2.73. The van der Waals surface area contributed by atoms with Gasteiger partial charge < -0.3 is 14.7 Å². The van der Waals surface area contributed by atoms with E-state index in [1.54, 1.807) is 0 Å². The lowest BCUT2D eigenvalue weighted by Gasteiger charge is -2.17. The Balaban J connectivity index is 2.62. The van der Waals surface area contributed by atoms with E-state index in [1.165, 1.54) is 0 Å². The number of ether oxygens (including phenoxy) is 1. The molecule has 1 aromatic rings. The summed E-state index contributed by atoms with van der Waals surface area (Å²) in [4.78, 5) is 14.1. The molecular weight excluding hydrogens is 268 g/mol. The van der Waals surface area contributed by atoms with Gasteiger partial charge in [-0.05, 0) is 44.7 Å². The van der Waals surface area contributed by atoms with E-state index in [9.17, 15) is 0 Å². The van der Waals surface area contributed by atoms with E-state index in [2.05, 4.69) is 15.0 Å². The van der Waals surface area contributed by atoms with Gasteiger partial charge in [0.1, 0.15) is 0 Å². The minimum absolute atomic E-state index is 0.0128. The number of hydrogen-bond acceptors (Lipinski definition) is 6. The highest BCUT2D eigenvalue weighted by molar-refractivity contribution is 6.28. The topological polar surface area (TPSA) is 71.4 Å². The van der Waals surface area contributed by atoms with Crippen LogP contribution in [0.2, 0.25) is 5.28 Å². The van der Waals surface area contributed by atoms with Crippen LogP contribution in [0, 0.1) is 0 Å². The second kappa shape index (κ2) is 8.12. The normalized spacial score (nSPS) is 10.8. The van der Waals surface area contributed by atoms with Crippen LogP contribution in [0.15, 0.2) is 0 Å². The zero-order valence-electron chi connectivity index (χ0n) is 11.6. The van der Waals surface area contributed by atoms with Gasteiger partial charge in [-0.15, -0.1) is 0 Å². The molecule has 0 spiro atoms. The van der Waals surface area contributed by atoms with Gasteiger partial charge in [0.2, 0.25) is 11.2 Å². The van der Waals surface area contributed by atoms with Crippen LogP contribution in [-0.2, 0) is 0 Å². The third-order valence-electron chi connectivity index (χ3n) is 2.41. The van der Waals surface area contributed by atoms with Gasteiger partial charge in [0.15, 0.2) is 0 Å². The fourth-order valence-electron chi connectivity index (χ4n) is 1.49. The molecule has 0 aliphatic carbocycles. The van der Waals surface area contributed by atoms with Crippen molar-refractivity contribution in [2.45, 2.75) is 39.2 Å². The van der Waals surface area contributed by atoms with E-state index in [1.807, 2.05) is 25.8 Å². The molecule has 0 aliphatic heterocycles. The number of anilines is 1. The predicted octanol–water partition coefficient (Wildman–Crippen LogP) is 1.91. The number of aliphatic hydroxyl groups is 1. The highest BCUT2D eigenvalue weighted by atomic mass is 35.5. The van der Waals surface area contributed by atoms with Crippen molar-refractivity contribution in [2.75, 3.05) is 25.1 Å². The minimum atomic E-state index is -0.0128. The Morgan fingerprint density at radius 3 is 2.58 bits per heavy atom. The summed E-state index contributed by atoms with van der Waals surface area (Å²) < 4.78 is 5.42. The van der Waals surface area contributed by atoms with Gasteiger partial charge in [0.05, 0.1) is 6.10 Å². The zero-order valence-corrected chi connectivity index (χ0v) is 12.4. The molecule has 1 N–H and O–H groups in total. The maximum Gasteiger partial charge on any atom is 0.322 e. The molecule has 0 bridgehead atoms. The van der Waals surface area contributed by atoms with E-state index in [0.717, 1.165) is 25.8 Å². The number of halogens is 1. The van der Waals surface area contributed by atoms with E-state index in [0.29, 0.717) is 5.95 Å². The van der Waals surface area contributed by atoms with Crippen LogP contribution in [0.5, 0.6) is 6.01 Å². The van der Waals surface area contributed by atoms with Crippen molar-refractivity contribution in [1.29, 1.82) is 0 Å². The molecule has 0 atom stereocenters. The summed E-state index contributed by atoms with van der Waals surface area (Å²) in [6.45, 7) is 4.82. The SMILES string of the molecule is CC(C)Oc1nc(Cl)nc(N(C)CCCCCO)n1. The molecule has 0 aromatic carbocycles. The minimum Gasteiger partial charge on any atom is -0.461 e. The Bertz CT molecular complexity index is 390. The zero-order chi connectivity index (χ0) is 14.3. The maximum absolute atomic E-state index is 8.72. The van der Waals surface area contributed by atoms with E-state index in [-0.39, 0.29) is 24.0 Å². The standard InChI is InChI=1S/C12H21ClN4O2/c1-9(2)19-12-15-10(13)14-11(16-12)17(3)7-5-4-6-8-18/h9,18H,4-8H2,1-3H3. The monoisotopic (exact) mass is 288 g/mol. The fraction of sp³-hybridized carbons (Fsp3) is 0.750. The lowest BCUT2D eigenvalue weighted by molar-refractivity contribution is 0.221. The average Bonchev–Trinajstić information content (AvgIpc) is 2.32. The second-order valence-corrected chi connectivity index (χ2v) is 4.90. The highest BCUT2D eigenvalue weighted by Crippen LogP contribution is 2.15. The molecule has 6 nitrogen and oxygen atoms in total. The average molecular weight is 289 g/mol. The molecule has 0 radical (unpaired) electrons. The predicted molar refractivity (Wildman–Crippen MR) is 74.8 cm³/mol. The quantitative estimate of drug-likeness (QED) is 0.737. The van der Waals surface area contributed by atoms with E-state index in [4.69, 9.17) is 21.4 Å². The summed E-state index contributed by atoms with van der Waals surface area (Å²) in [6, 6.07) is 0.243. The smallest absolute Gasteiger partial charge is 0.322 e. The molecule has 0 unspecified atom stereocenters. The number of nitrogens with zero attached hydrogens (tertiary/aromatic N) is 4. The van der Waals surface area contributed by atoms with Gasteiger partial charge in [-0.25, -0.2) is 0 Å². The van der Waals surface area contributed by atoms with Crippen molar-refractivity contribution in [3.05, 3.63) is 5.28 Å². The first-order valence-corrected chi connectivity index (χ1v) is 6.81. The van der Waals surface area contributed by atoms with Crippen LogP contribution in [-0.4, -0.2) is 46.4 Å². The molecule has 0 fully saturated rings. The lowest BCUT2D eigenvalue weighted by atomic mass is 10.2. The number of hydrogen-bond donors (Lipinski definition) is 1. The van der Waals surface area contributed by atoms with Crippen molar-refractivity contribution in [2.24, 2.45) is 0 Å². The molecule has 0 aliphatic rings. The molecule has 19 heavy (non-hydrogen) atoms. The molecule has 1 aromatic heterocycles. The number of unbranched alkanes of at least 4 members (excludes halogenated alkanes) is 2. The summed E-state index contributed by atoms with van der Waals surface area (Å²) in [7, 11) is 1.89. The van der Waals surface area contributed by atoms with Crippen molar-refractivity contribution in [3.8, 4) is 6.01 Å². The molecule has 1 rings (SSSR count). The first-order valence-electron chi connectivity index (χ1n) is 6.43. The molecule has 0 saturated carbocycles. The molecule has 0 amide bonds. The van der Waals surface area contributed by atoms with Crippen LogP contribution in [0.25, 0.3) is 0 Å². The number of rotatable bonds is 8. The Hall–Kier alpha value is -1.14. The second-order valence-electron chi connectivity index (χ2n) is 4.56. The van der Waals surface area contributed by atoms with Crippen LogP contribution in [0.4, 0.5) is 5.95 Å². The summed E-state index contributed by atoms with van der Waals surface area (Å²) in [5, 5.41) is 8.85. The molecule has 108 valence electrons. The molecule has 0 saturated heterocycles. The third-order valence-corrected chi connectivity index (χ3v) is 2.58. The summed E-state index contributed by atoms with van der Waals surface area (Å²) in [5.41, 5.74) is 0. The van der Waals surface area contributed by atoms with Crippen LogP contribution < -0.4 is 9.64 Å². The summed E-state index contributed by atoms with van der Waals surface area (Å²) >= 11 is 5.86. The van der Waals surface area contributed by atoms with Crippen LogP contribution in [0.3, 0.4) is 0 Å². The van der Waals surface area contributed by atoms with E-state index < -0.39 is 0 Å². The Morgan fingerprint density at radius 1 is 1.21 bits per heavy atom. The van der Waals surface area contributed by atoms with Gasteiger partial charge in [-0.1, -0.05) is 0 Å². The maximum atomic E-state index is 8.72. The van der Waals surface area contributed by atoms with Gasteiger partial charge >= 0.3 is 6.01 Å². The van der Waals surface area contributed by atoms with Crippen molar-refractivity contribution in [3.63, 3.8) is 0 Å². The lowest BCUT2D eigenvalue weighted by Crippen LogP contribution is -2.22. The first-order chi connectivity index (χ1) is 9.02. The Kier molecular flexibility index (Phi) is 6.80. The largest absolute Gasteiger partial charge is 0.461 e. The van der Waals surface area contributed by atoms with Crippen LogP contribution in [0.1, 0.15) is 33.1 Å². The van der Waals surface area contributed by atoms with Gasteiger partial charge in [0.25, 0.3) is 0 Å². The Labute approximate surface area is 118 Å². The molecule has 7 heteroatoms. The van der Waals surface area contributed by atoms with Gasteiger partial charge in [0, 0.05) is 20.2 Å². The van der Waals surface area contributed by atoms with Crippen molar-refractivity contribution in [1.82, 2.24) is 15.0 Å². The van der Waals surface area contributed by atoms with Gasteiger partial charge in [-0.2, -0.15) is 15.0 Å². The molecule has 1 heterocycles. The fourth-order valence-corrected chi connectivity index (χ4v) is 1.64. The highest BCUT2D eigenvalue weighted by Gasteiger charge is 2.11. The van der Waals surface area contributed by atoms with Crippen LogP contribution >= 0.6 is 11.6 Å². The van der Waals surface area contributed by atoms with Gasteiger partial charge in [-0.3, -0.25) is 0 Å². The van der Waals surface area contributed by atoms with Crippen molar-refractivity contribution < 1.29 is 9.84 Å². The number of aliphatic hydroxyl groups excluding tert-OH is 1.